The van der Waals surface area contributed by atoms with Crippen molar-refractivity contribution in [2.75, 3.05) is 7.11 Å². The number of aryl methyl sites for hydroxylation is 1. The van der Waals surface area contributed by atoms with Gasteiger partial charge >= 0.3 is 0 Å². The third kappa shape index (κ3) is 1.81. The Morgan fingerprint density at radius 2 is 2.05 bits per heavy atom. The molecule has 4 rings (SSSR count). The molecule has 0 saturated heterocycles. The molecule has 4 atom stereocenters. The molecule has 3 aliphatic carbocycles. The number of carbonyl (C=O) groups is 1. The first-order valence-electron chi connectivity index (χ1n) is 8.33. The van der Waals surface area contributed by atoms with E-state index in [-0.39, 0.29) is 5.41 Å². The fourth-order valence-electron chi connectivity index (χ4n) is 5.46. The minimum absolute atomic E-state index is 0.00879. The van der Waals surface area contributed by atoms with Gasteiger partial charge in [-0.2, -0.15) is 0 Å². The summed E-state index contributed by atoms with van der Waals surface area (Å²) >= 11 is 0. The molecule has 1 aromatic rings. The van der Waals surface area contributed by atoms with Crippen LogP contribution in [0, 0.1) is 17.3 Å². The highest BCUT2D eigenvalue weighted by molar-refractivity contribution is 5.87. The number of hydrogen-bond donors (Lipinski definition) is 0. The number of hydrogen-bond acceptors (Lipinski definition) is 2. The minimum Gasteiger partial charge on any atom is -0.497 e. The molecule has 0 heterocycles. The van der Waals surface area contributed by atoms with Crippen LogP contribution in [0.1, 0.15) is 56.1 Å². The van der Waals surface area contributed by atoms with Crippen LogP contribution in [0.4, 0.5) is 0 Å². The molecule has 21 heavy (non-hydrogen) atoms. The molecule has 0 N–H and O–H groups in total. The Morgan fingerprint density at radius 3 is 2.86 bits per heavy atom. The van der Waals surface area contributed by atoms with Crippen LogP contribution in [0.2, 0.25) is 0 Å². The Morgan fingerprint density at radius 1 is 1.19 bits per heavy atom. The van der Waals surface area contributed by atoms with Crippen molar-refractivity contribution in [1.82, 2.24) is 0 Å². The van der Waals surface area contributed by atoms with E-state index < -0.39 is 0 Å². The van der Waals surface area contributed by atoms with E-state index in [0.29, 0.717) is 17.6 Å². The second kappa shape index (κ2) is 4.59. The summed E-state index contributed by atoms with van der Waals surface area (Å²) in [5.41, 5.74) is 3.00. The van der Waals surface area contributed by atoms with E-state index in [1.54, 1.807) is 7.11 Å². The maximum Gasteiger partial charge on any atom is 0.139 e. The average molecular weight is 284 g/mol. The van der Waals surface area contributed by atoms with Gasteiger partial charge in [0.15, 0.2) is 0 Å². The monoisotopic (exact) mass is 284 g/mol. The van der Waals surface area contributed by atoms with Gasteiger partial charge in [-0.25, -0.2) is 0 Å². The first-order valence-corrected chi connectivity index (χ1v) is 8.33. The lowest BCUT2D eigenvalue weighted by atomic mass is 9.55. The summed E-state index contributed by atoms with van der Waals surface area (Å²) in [6, 6.07) is 6.61. The maximum atomic E-state index is 12.3. The fraction of sp³-hybridized carbons (Fsp3) is 0.632. The van der Waals surface area contributed by atoms with Crippen molar-refractivity contribution in [2.45, 2.75) is 51.4 Å². The molecule has 2 nitrogen and oxygen atoms in total. The van der Waals surface area contributed by atoms with Gasteiger partial charge in [0.25, 0.3) is 0 Å². The molecule has 0 spiro atoms. The van der Waals surface area contributed by atoms with E-state index in [2.05, 4.69) is 25.1 Å². The number of ketones is 1. The average Bonchev–Trinajstić information content (AvgIpc) is 2.82. The van der Waals surface area contributed by atoms with Crippen LogP contribution < -0.4 is 4.74 Å². The summed E-state index contributed by atoms with van der Waals surface area (Å²) < 4.78 is 5.37. The van der Waals surface area contributed by atoms with Gasteiger partial charge in [0, 0.05) is 11.8 Å². The highest BCUT2D eigenvalue weighted by Gasteiger charge is 2.54. The Balaban J connectivity index is 1.70. The van der Waals surface area contributed by atoms with E-state index in [0.717, 1.165) is 37.4 Å². The number of fused-ring (bicyclic) bond motifs is 5. The Hall–Kier alpha value is -1.31. The van der Waals surface area contributed by atoms with Crippen LogP contribution in [0.5, 0.6) is 5.75 Å². The molecule has 2 saturated carbocycles. The van der Waals surface area contributed by atoms with Crippen LogP contribution in [0.15, 0.2) is 18.2 Å². The SMILES string of the molecule is COc1ccc2c(c1)CC[C@H]1[C@H]2CC[C@]2(C)C(=O)CC[C@@H]12. The lowest BCUT2D eigenvalue weighted by molar-refractivity contribution is -0.129. The number of methoxy groups -OCH3 is 1. The van der Waals surface area contributed by atoms with Gasteiger partial charge in [0.05, 0.1) is 7.11 Å². The zero-order valence-corrected chi connectivity index (χ0v) is 13.0. The number of carbonyl (C=O) groups excluding carboxylic acids is 1. The van der Waals surface area contributed by atoms with Crippen molar-refractivity contribution in [3.05, 3.63) is 29.3 Å². The first-order chi connectivity index (χ1) is 10.1. The molecule has 0 aromatic heterocycles. The summed E-state index contributed by atoms with van der Waals surface area (Å²) in [6.07, 6.45) is 6.61. The number of Topliss-reactive ketones (excluding diaryl/α,β-unsaturated/α-hetero) is 1. The standard InChI is InChI=1S/C19H24O2/c1-19-10-9-15-14-6-4-13(21-2)11-12(14)3-5-16(15)17(19)7-8-18(19)20/h4,6,11,15-17H,3,5,7-10H2,1-2H3/t15-,16-,17-,19-/m0/s1. The smallest absolute Gasteiger partial charge is 0.139 e. The van der Waals surface area contributed by atoms with E-state index in [1.165, 1.54) is 24.0 Å². The third-order valence-electron chi connectivity index (χ3n) is 6.64. The Kier molecular flexibility index (Phi) is 2.92. The topological polar surface area (TPSA) is 26.3 Å². The predicted molar refractivity (Wildman–Crippen MR) is 82.6 cm³/mol. The van der Waals surface area contributed by atoms with E-state index in [9.17, 15) is 4.79 Å². The van der Waals surface area contributed by atoms with Gasteiger partial charge in [0.1, 0.15) is 11.5 Å². The summed E-state index contributed by atoms with van der Waals surface area (Å²) in [7, 11) is 1.74. The minimum atomic E-state index is -0.00879. The third-order valence-corrected chi connectivity index (χ3v) is 6.64. The van der Waals surface area contributed by atoms with E-state index in [4.69, 9.17) is 4.74 Å². The molecule has 1 aromatic carbocycles. The number of benzene rings is 1. The van der Waals surface area contributed by atoms with Crippen LogP contribution in [0.25, 0.3) is 0 Å². The van der Waals surface area contributed by atoms with Crippen molar-refractivity contribution in [1.29, 1.82) is 0 Å². The molecule has 0 amide bonds. The molecule has 3 aliphatic rings. The quantitative estimate of drug-likeness (QED) is 0.775. The highest BCUT2D eigenvalue weighted by atomic mass is 16.5. The Labute approximate surface area is 126 Å². The van der Waals surface area contributed by atoms with Crippen LogP contribution in [0.3, 0.4) is 0 Å². The van der Waals surface area contributed by atoms with Gasteiger partial charge in [-0.3, -0.25) is 4.79 Å². The molecule has 0 bridgehead atoms. The summed E-state index contributed by atoms with van der Waals surface area (Å²) in [5.74, 6) is 3.52. The summed E-state index contributed by atoms with van der Waals surface area (Å²) in [4.78, 5) is 12.3. The van der Waals surface area contributed by atoms with Crippen molar-refractivity contribution in [3.63, 3.8) is 0 Å². The molecule has 0 radical (unpaired) electrons. The zero-order chi connectivity index (χ0) is 14.6. The maximum absolute atomic E-state index is 12.3. The van der Waals surface area contributed by atoms with Gasteiger partial charge in [-0.05, 0) is 73.1 Å². The molecule has 0 unspecified atom stereocenters. The molecular formula is C19H24O2. The second-order valence-corrected chi connectivity index (χ2v) is 7.40. The van der Waals surface area contributed by atoms with E-state index in [1.807, 2.05) is 0 Å². The van der Waals surface area contributed by atoms with Crippen molar-refractivity contribution in [3.8, 4) is 5.75 Å². The molecule has 2 heteroatoms. The Bertz CT molecular complexity index is 591. The fourth-order valence-corrected chi connectivity index (χ4v) is 5.46. The number of ether oxygens (including phenoxy) is 1. The van der Waals surface area contributed by atoms with Crippen LogP contribution >= 0.6 is 0 Å². The van der Waals surface area contributed by atoms with Crippen molar-refractivity contribution in [2.24, 2.45) is 17.3 Å². The molecule has 2 fully saturated rings. The summed E-state index contributed by atoms with van der Waals surface area (Å²) in [5, 5.41) is 0. The van der Waals surface area contributed by atoms with Gasteiger partial charge in [-0.1, -0.05) is 13.0 Å². The lowest BCUT2D eigenvalue weighted by Gasteiger charge is -2.48. The normalized spacial score (nSPS) is 37.6. The predicted octanol–water partition coefficient (Wildman–Crippen LogP) is 4.12. The first kappa shape index (κ1) is 13.4. The summed E-state index contributed by atoms with van der Waals surface area (Å²) in [6.45, 7) is 2.24. The van der Waals surface area contributed by atoms with Gasteiger partial charge < -0.3 is 4.74 Å². The van der Waals surface area contributed by atoms with Crippen molar-refractivity contribution >= 4 is 5.78 Å². The largest absolute Gasteiger partial charge is 0.497 e. The van der Waals surface area contributed by atoms with Crippen LogP contribution in [-0.4, -0.2) is 12.9 Å². The van der Waals surface area contributed by atoms with Gasteiger partial charge in [0.2, 0.25) is 0 Å². The molecule has 0 aliphatic heterocycles. The zero-order valence-electron chi connectivity index (χ0n) is 13.0. The van der Waals surface area contributed by atoms with Crippen molar-refractivity contribution < 1.29 is 9.53 Å². The van der Waals surface area contributed by atoms with Crippen LogP contribution in [-0.2, 0) is 11.2 Å². The molecule has 112 valence electrons. The number of rotatable bonds is 1. The van der Waals surface area contributed by atoms with E-state index >= 15 is 0 Å². The highest BCUT2D eigenvalue weighted by Crippen LogP contribution is 2.59. The molecular weight excluding hydrogens is 260 g/mol. The lowest BCUT2D eigenvalue weighted by Crippen LogP contribution is -2.42. The van der Waals surface area contributed by atoms with Gasteiger partial charge in [-0.15, -0.1) is 0 Å². The second-order valence-electron chi connectivity index (χ2n) is 7.40.